The van der Waals surface area contributed by atoms with Crippen LogP contribution >= 0.6 is 0 Å². The van der Waals surface area contributed by atoms with Crippen LogP contribution < -0.4 is 0 Å². The number of hydrogen-bond donors (Lipinski definition) is 0. The Morgan fingerprint density at radius 2 is 1.93 bits per heavy atom. The van der Waals surface area contributed by atoms with Gasteiger partial charge in [0.2, 0.25) is 0 Å². The van der Waals surface area contributed by atoms with Gasteiger partial charge in [-0.2, -0.15) is 0 Å². The Morgan fingerprint density at radius 1 is 1.33 bits per heavy atom. The SMILES string of the molecule is C#CC[C@H]1OC(C)(C)O[C@@H](C=C)C1(C)C. The van der Waals surface area contributed by atoms with Gasteiger partial charge in [-0.25, -0.2) is 0 Å². The first-order valence-corrected chi connectivity index (χ1v) is 5.25. The number of terminal acetylenes is 1. The van der Waals surface area contributed by atoms with Gasteiger partial charge >= 0.3 is 0 Å². The second-order valence-electron chi connectivity index (χ2n) is 5.01. The molecule has 0 bridgehead atoms. The van der Waals surface area contributed by atoms with Crippen molar-refractivity contribution in [1.29, 1.82) is 0 Å². The Labute approximate surface area is 92.6 Å². The second-order valence-corrected chi connectivity index (χ2v) is 5.01. The number of hydrogen-bond acceptors (Lipinski definition) is 2. The summed E-state index contributed by atoms with van der Waals surface area (Å²) in [5.74, 6) is 2.07. The highest BCUT2D eigenvalue weighted by molar-refractivity contribution is 5.03. The molecule has 0 aromatic rings. The van der Waals surface area contributed by atoms with Crippen molar-refractivity contribution in [3.8, 4) is 12.3 Å². The van der Waals surface area contributed by atoms with E-state index in [2.05, 4.69) is 26.3 Å². The Morgan fingerprint density at radius 3 is 2.40 bits per heavy atom. The summed E-state index contributed by atoms with van der Waals surface area (Å²) in [5.41, 5.74) is -0.135. The maximum absolute atomic E-state index is 5.85. The average molecular weight is 208 g/mol. The van der Waals surface area contributed by atoms with Gasteiger partial charge in [0.25, 0.3) is 0 Å². The molecule has 0 amide bonds. The fraction of sp³-hybridized carbons (Fsp3) is 0.692. The Balaban J connectivity index is 2.94. The summed E-state index contributed by atoms with van der Waals surface area (Å²) >= 11 is 0. The van der Waals surface area contributed by atoms with Crippen LogP contribution in [-0.2, 0) is 9.47 Å². The second kappa shape index (κ2) is 4.00. The lowest BCUT2D eigenvalue weighted by Gasteiger charge is -2.49. The molecule has 2 nitrogen and oxygen atoms in total. The highest BCUT2D eigenvalue weighted by Crippen LogP contribution is 2.41. The summed E-state index contributed by atoms with van der Waals surface area (Å²) in [4.78, 5) is 0. The largest absolute Gasteiger partial charge is 0.346 e. The Bertz CT molecular complexity index is 283. The third-order valence-electron chi connectivity index (χ3n) is 2.92. The topological polar surface area (TPSA) is 18.5 Å². The quantitative estimate of drug-likeness (QED) is 0.513. The smallest absolute Gasteiger partial charge is 0.164 e. The molecule has 0 aromatic carbocycles. The minimum Gasteiger partial charge on any atom is -0.346 e. The van der Waals surface area contributed by atoms with Crippen molar-refractivity contribution < 1.29 is 9.47 Å². The molecule has 1 aliphatic heterocycles. The van der Waals surface area contributed by atoms with E-state index in [4.69, 9.17) is 15.9 Å². The molecule has 0 radical (unpaired) electrons. The molecule has 0 aliphatic carbocycles. The zero-order chi connectivity index (χ0) is 11.7. The summed E-state index contributed by atoms with van der Waals surface area (Å²) in [6.07, 6.45) is 7.77. The molecule has 0 N–H and O–H groups in total. The maximum Gasteiger partial charge on any atom is 0.164 e. The van der Waals surface area contributed by atoms with Crippen LogP contribution in [0.1, 0.15) is 34.1 Å². The van der Waals surface area contributed by atoms with Crippen LogP contribution in [0.25, 0.3) is 0 Å². The molecular formula is C13H20O2. The van der Waals surface area contributed by atoms with Gasteiger partial charge in [0, 0.05) is 11.8 Å². The van der Waals surface area contributed by atoms with Crippen molar-refractivity contribution in [3.63, 3.8) is 0 Å². The van der Waals surface area contributed by atoms with Gasteiger partial charge in [0.1, 0.15) is 0 Å². The van der Waals surface area contributed by atoms with Crippen LogP contribution in [0.3, 0.4) is 0 Å². The fourth-order valence-corrected chi connectivity index (χ4v) is 1.93. The molecule has 1 saturated heterocycles. The molecule has 1 aliphatic rings. The first-order chi connectivity index (χ1) is 6.83. The molecule has 1 fully saturated rings. The van der Waals surface area contributed by atoms with E-state index in [0.29, 0.717) is 6.42 Å². The first-order valence-electron chi connectivity index (χ1n) is 5.25. The van der Waals surface area contributed by atoms with Gasteiger partial charge in [0.15, 0.2) is 5.79 Å². The lowest BCUT2D eigenvalue weighted by Crippen LogP contribution is -2.55. The van der Waals surface area contributed by atoms with Gasteiger partial charge in [-0.15, -0.1) is 18.9 Å². The third-order valence-corrected chi connectivity index (χ3v) is 2.92. The minimum absolute atomic E-state index is 0.00856. The highest BCUT2D eigenvalue weighted by Gasteiger charge is 2.46. The van der Waals surface area contributed by atoms with E-state index in [-0.39, 0.29) is 17.6 Å². The zero-order valence-electron chi connectivity index (χ0n) is 10.0. The summed E-state index contributed by atoms with van der Waals surface area (Å²) < 4.78 is 11.7. The van der Waals surface area contributed by atoms with Gasteiger partial charge in [-0.1, -0.05) is 19.9 Å². The predicted octanol–water partition coefficient (Wildman–Crippen LogP) is 2.74. The summed E-state index contributed by atoms with van der Waals surface area (Å²) in [5, 5.41) is 0. The molecule has 0 saturated carbocycles. The van der Waals surface area contributed by atoms with Crippen molar-refractivity contribution >= 4 is 0 Å². The molecule has 2 heteroatoms. The van der Waals surface area contributed by atoms with Gasteiger partial charge in [0.05, 0.1) is 12.2 Å². The molecular weight excluding hydrogens is 188 g/mol. The molecule has 84 valence electrons. The highest BCUT2D eigenvalue weighted by atomic mass is 16.7. The van der Waals surface area contributed by atoms with E-state index in [0.717, 1.165) is 0 Å². The van der Waals surface area contributed by atoms with E-state index < -0.39 is 5.79 Å². The average Bonchev–Trinajstić information content (AvgIpc) is 2.11. The normalized spacial score (nSPS) is 33.0. The molecule has 0 spiro atoms. The fourth-order valence-electron chi connectivity index (χ4n) is 1.93. The minimum atomic E-state index is -0.587. The lowest BCUT2D eigenvalue weighted by atomic mass is 9.78. The van der Waals surface area contributed by atoms with Crippen LogP contribution in [0.4, 0.5) is 0 Å². The number of ether oxygens (including phenoxy) is 2. The Hall–Kier alpha value is -0.780. The van der Waals surface area contributed by atoms with Crippen LogP contribution in [0.2, 0.25) is 0 Å². The van der Waals surface area contributed by atoms with Crippen molar-refractivity contribution in [2.45, 2.75) is 52.1 Å². The number of rotatable bonds is 2. The van der Waals surface area contributed by atoms with Crippen LogP contribution in [0, 0.1) is 17.8 Å². The van der Waals surface area contributed by atoms with E-state index >= 15 is 0 Å². The Kier molecular flexibility index (Phi) is 3.28. The maximum atomic E-state index is 5.85. The van der Waals surface area contributed by atoms with Crippen LogP contribution in [0.15, 0.2) is 12.7 Å². The molecule has 15 heavy (non-hydrogen) atoms. The predicted molar refractivity (Wildman–Crippen MR) is 61.3 cm³/mol. The van der Waals surface area contributed by atoms with Gasteiger partial charge in [-0.05, 0) is 13.8 Å². The lowest BCUT2D eigenvalue weighted by molar-refractivity contribution is -0.330. The van der Waals surface area contributed by atoms with E-state index in [1.807, 2.05) is 19.9 Å². The van der Waals surface area contributed by atoms with E-state index in [1.54, 1.807) is 0 Å². The third kappa shape index (κ3) is 2.42. The van der Waals surface area contributed by atoms with E-state index in [9.17, 15) is 0 Å². The van der Waals surface area contributed by atoms with Crippen molar-refractivity contribution in [2.75, 3.05) is 0 Å². The summed E-state index contributed by atoms with van der Waals surface area (Å²) in [7, 11) is 0. The zero-order valence-corrected chi connectivity index (χ0v) is 10.0. The molecule has 1 rings (SSSR count). The van der Waals surface area contributed by atoms with Gasteiger partial charge in [-0.3, -0.25) is 0 Å². The molecule has 0 unspecified atom stereocenters. The van der Waals surface area contributed by atoms with Crippen LogP contribution in [0.5, 0.6) is 0 Å². The summed E-state index contributed by atoms with van der Waals surface area (Å²) in [6.45, 7) is 11.8. The van der Waals surface area contributed by atoms with Crippen molar-refractivity contribution in [3.05, 3.63) is 12.7 Å². The molecule has 0 aromatic heterocycles. The standard InChI is InChI=1S/C13H20O2/c1-7-9-11-12(3,4)10(8-2)14-13(5,6)15-11/h1,8,10-11H,2,9H2,3-6H3/t10-,11+/m0/s1. The molecule has 1 heterocycles. The van der Waals surface area contributed by atoms with E-state index in [1.165, 1.54) is 0 Å². The van der Waals surface area contributed by atoms with Gasteiger partial charge < -0.3 is 9.47 Å². The van der Waals surface area contributed by atoms with Crippen molar-refractivity contribution in [2.24, 2.45) is 5.41 Å². The molecule has 2 atom stereocenters. The summed E-state index contributed by atoms with van der Waals surface area (Å²) in [6, 6.07) is 0. The van der Waals surface area contributed by atoms with Crippen molar-refractivity contribution in [1.82, 2.24) is 0 Å². The van der Waals surface area contributed by atoms with Crippen LogP contribution in [-0.4, -0.2) is 18.0 Å². The first kappa shape index (κ1) is 12.3. The monoisotopic (exact) mass is 208 g/mol.